The zero-order valence-corrected chi connectivity index (χ0v) is 15.4. The van der Waals surface area contributed by atoms with Crippen LogP contribution in [0.15, 0.2) is 11.6 Å². The smallest absolute Gasteiger partial charge is 0.303 e. The lowest BCUT2D eigenvalue weighted by Crippen LogP contribution is -2.51. The van der Waals surface area contributed by atoms with E-state index in [2.05, 4.69) is 19.9 Å². The Hall–Kier alpha value is -0.830. The average Bonchev–Trinajstić information content (AvgIpc) is 2.83. The Balaban J connectivity index is 1.60. The lowest BCUT2D eigenvalue weighted by atomic mass is 9.47. The number of allylic oxidation sites excluding steroid dienone is 1. The van der Waals surface area contributed by atoms with Gasteiger partial charge in [0.15, 0.2) is 0 Å². The van der Waals surface area contributed by atoms with Gasteiger partial charge in [-0.2, -0.15) is 0 Å². The Labute approximate surface area is 145 Å². The SMILES string of the molecule is CC(=O)OC1C=C2CCC3C(CCC4(C)C(O)CCC34)C2(C)CC1. The molecule has 4 aliphatic carbocycles. The summed E-state index contributed by atoms with van der Waals surface area (Å²) < 4.78 is 5.47. The second kappa shape index (κ2) is 5.59. The Morgan fingerprint density at radius 2 is 1.92 bits per heavy atom. The van der Waals surface area contributed by atoms with Crippen molar-refractivity contribution in [1.82, 2.24) is 0 Å². The number of carbonyl (C=O) groups is 1. The third-order valence-electron chi connectivity index (χ3n) is 8.34. The van der Waals surface area contributed by atoms with Crippen LogP contribution in [0.2, 0.25) is 0 Å². The summed E-state index contributed by atoms with van der Waals surface area (Å²) in [6, 6.07) is 0. The van der Waals surface area contributed by atoms with Crippen LogP contribution in [0.4, 0.5) is 0 Å². The van der Waals surface area contributed by atoms with E-state index >= 15 is 0 Å². The van der Waals surface area contributed by atoms with Gasteiger partial charge >= 0.3 is 5.97 Å². The molecule has 0 aromatic heterocycles. The van der Waals surface area contributed by atoms with Crippen molar-refractivity contribution in [2.45, 2.75) is 84.3 Å². The van der Waals surface area contributed by atoms with Gasteiger partial charge in [0.25, 0.3) is 0 Å². The predicted octanol–water partition coefficient (Wildman–Crippen LogP) is 4.24. The van der Waals surface area contributed by atoms with Crippen LogP contribution in [-0.2, 0) is 9.53 Å². The number of fused-ring (bicyclic) bond motifs is 5. The fourth-order valence-electron chi connectivity index (χ4n) is 6.98. The molecule has 4 rings (SSSR count). The van der Waals surface area contributed by atoms with Crippen molar-refractivity contribution < 1.29 is 14.6 Å². The fraction of sp³-hybridized carbons (Fsp3) is 0.857. The highest BCUT2D eigenvalue weighted by molar-refractivity contribution is 5.66. The maximum atomic E-state index is 11.3. The standard InChI is InChI=1S/C21H32O3/c1-13(22)24-15-8-10-20(2)14(12-15)4-5-16-17-6-7-19(23)21(17,3)11-9-18(16)20/h12,15-19,23H,4-11H2,1-3H3. The molecule has 0 aliphatic heterocycles. The molecule has 3 fully saturated rings. The first-order chi connectivity index (χ1) is 11.3. The summed E-state index contributed by atoms with van der Waals surface area (Å²) in [7, 11) is 0. The van der Waals surface area contributed by atoms with Gasteiger partial charge in [-0.15, -0.1) is 0 Å². The molecule has 0 heterocycles. The summed E-state index contributed by atoms with van der Waals surface area (Å²) in [6.07, 6.45) is 11.3. The van der Waals surface area contributed by atoms with Gasteiger partial charge in [0.2, 0.25) is 0 Å². The number of esters is 1. The molecule has 1 N–H and O–H groups in total. The highest BCUT2D eigenvalue weighted by atomic mass is 16.5. The molecule has 0 saturated heterocycles. The van der Waals surface area contributed by atoms with E-state index < -0.39 is 0 Å². The minimum Gasteiger partial charge on any atom is -0.458 e. The molecule has 0 amide bonds. The summed E-state index contributed by atoms with van der Waals surface area (Å²) in [5.74, 6) is 2.06. The summed E-state index contributed by atoms with van der Waals surface area (Å²) in [5, 5.41) is 10.5. The van der Waals surface area contributed by atoms with Crippen LogP contribution in [0, 0.1) is 28.6 Å². The molecule has 0 bridgehead atoms. The molecule has 134 valence electrons. The van der Waals surface area contributed by atoms with Gasteiger partial charge in [-0.25, -0.2) is 0 Å². The van der Waals surface area contributed by atoms with E-state index in [-0.39, 0.29) is 29.0 Å². The van der Waals surface area contributed by atoms with Gasteiger partial charge in [0.1, 0.15) is 6.10 Å². The Kier molecular flexibility index (Phi) is 3.87. The highest BCUT2D eigenvalue weighted by Gasteiger charge is 2.58. The van der Waals surface area contributed by atoms with Crippen LogP contribution in [0.25, 0.3) is 0 Å². The lowest BCUT2D eigenvalue weighted by Gasteiger charge is -2.58. The van der Waals surface area contributed by atoms with Crippen LogP contribution in [0.1, 0.15) is 72.1 Å². The van der Waals surface area contributed by atoms with Gasteiger partial charge in [0.05, 0.1) is 6.10 Å². The Morgan fingerprint density at radius 3 is 2.67 bits per heavy atom. The summed E-state index contributed by atoms with van der Waals surface area (Å²) >= 11 is 0. The summed E-state index contributed by atoms with van der Waals surface area (Å²) in [5.41, 5.74) is 1.99. The number of hydrogen-bond donors (Lipinski definition) is 1. The van der Waals surface area contributed by atoms with E-state index in [0.717, 1.165) is 37.5 Å². The van der Waals surface area contributed by atoms with Crippen molar-refractivity contribution in [2.24, 2.45) is 28.6 Å². The third-order valence-corrected chi connectivity index (χ3v) is 8.34. The maximum absolute atomic E-state index is 11.3. The van der Waals surface area contributed by atoms with Crippen molar-refractivity contribution in [3.05, 3.63) is 11.6 Å². The molecule has 3 saturated carbocycles. The molecule has 0 aromatic carbocycles. The molecule has 24 heavy (non-hydrogen) atoms. The minimum absolute atomic E-state index is 0.00992. The number of carbonyl (C=O) groups excluding carboxylic acids is 1. The van der Waals surface area contributed by atoms with E-state index in [4.69, 9.17) is 4.74 Å². The molecule has 4 aliphatic rings. The number of hydrogen-bond acceptors (Lipinski definition) is 3. The van der Waals surface area contributed by atoms with Gasteiger partial charge in [-0.1, -0.05) is 19.4 Å². The lowest BCUT2D eigenvalue weighted by molar-refractivity contribution is -0.145. The normalized spacial score (nSPS) is 50.3. The molecular weight excluding hydrogens is 300 g/mol. The Morgan fingerprint density at radius 1 is 1.12 bits per heavy atom. The van der Waals surface area contributed by atoms with E-state index in [0.29, 0.717) is 5.92 Å². The van der Waals surface area contributed by atoms with E-state index in [1.54, 1.807) is 5.57 Å². The Bertz CT molecular complexity index is 567. The van der Waals surface area contributed by atoms with Crippen molar-refractivity contribution in [3.8, 4) is 0 Å². The van der Waals surface area contributed by atoms with Crippen LogP contribution in [-0.4, -0.2) is 23.3 Å². The molecule has 0 aromatic rings. The highest BCUT2D eigenvalue weighted by Crippen LogP contribution is 2.65. The predicted molar refractivity (Wildman–Crippen MR) is 93.3 cm³/mol. The first-order valence-electron chi connectivity index (χ1n) is 9.91. The van der Waals surface area contributed by atoms with Crippen molar-refractivity contribution in [1.29, 1.82) is 0 Å². The second-order valence-corrected chi connectivity index (χ2v) is 9.35. The molecule has 3 nitrogen and oxygen atoms in total. The average molecular weight is 332 g/mol. The zero-order valence-electron chi connectivity index (χ0n) is 15.4. The van der Waals surface area contributed by atoms with Crippen molar-refractivity contribution in [2.75, 3.05) is 0 Å². The van der Waals surface area contributed by atoms with Crippen LogP contribution < -0.4 is 0 Å². The van der Waals surface area contributed by atoms with Gasteiger partial charge < -0.3 is 9.84 Å². The van der Waals surface area contributed by atoms with E-state index in [1.807, 2.05) is 0 Å². The molecule has 0 spiro atoms. The van der Waals surface area contributed by atoms with Gasteiger partial charge in [-0.05, 0) is 86.0 Å². The molecule has 7 unspecified atom stereocenters. The fourth-order valence-corrected chi connectivity index (χ4v) is 6.98. The number of aliphatic hydroxyl groups excluding tert-OH is 1. The van der Waals surface area contributed by atoms with Crippen LogP contribution in [0.5, 0.6) is 0 Å². The monoisotopic (exact) mass is 332 g/mol. The van der Waals surface area contributed by atoms with Gasteiger partial charge in [-0.3, -0.25) is 4.79 Å². The largest absolute Gasteiger partial charge is 0.458 e. The van der Waals surface area contributed by atoms with Crippen molar-refractivity contribution >= 4 is 5.97 Å². The van der Waals surface area contributed by atoms with Gasteiger partial charge in [0, 0.05) is 6.92 Å². The molecule has 0 radical (unpaired) electrons. The van der Waals surface area contributed by atoms with Crippen LogP contribution in [0.3, 0.4) is 0 Å². The quantitative estimate of drug-likeness (QED) is 0.577. The summed E-state index contributed by atoms with van der Waals surface area (Å²) in [6.45, 7) is 6.32. The van der Waals surface area contributed by atoms with E-state index in [9.17, 15) is 9.90 Å². The van der Waals surface area contributed by atoms with E-state index in [1.165, 1.54) is 32.6 Å². The molecule has 3 heteroatoms. The van der Waals surface area contributed by atoms with Crippen molar-refractivity contribution in [3.63, 3.8) is 0 Å². The van der Waals surface area contributed by atoms with Crippen LogP contribution >= 0.6 is 0 Å². The topological polar surface area (TPSA) is 46.5 Å². The maximum Gasteiger partial charge on any atom is 0.303 e. The number of rotatable bonds is 1. The number of ether oxygens (including phenoxy) is 1. The first kappa shape index (κ1) is 16.6. The first-order valence-corrected chi connectivity index (χ1v) is 9.91. The second-order valence-electron chi connectivity index (χ2n) is 9.35. The zero-order chi connectivity index (χ0) is 17.1. The summed E-state index contributed by atoms with van der Waals surface area (Å²) in [4.78, 5) is 11.3. The molecular formula is C21H32O3. The number of aliphatic hydroxyl groups is 1. The third kappa shape index (κ3) is 2.30. The molecule has 7 atom stereocenters. The minimum atomic E-state index is -0.164.